The third-order valence-electron chi connectivity index (χ3n) is 7.20. The summed E-state index contributed by atoms with van der Waals surface area (Å²) in [5.41, 5.74) is 3.08. The normalized spacial score (nSPS) is 20.3. The van der Waals surface area contributed by atoms with Crippen molar-refractivity contribution < 1.29 is 9.59 Å². The van der Waals surface area contributed by atoms with Gasteiger partial charge in [0.05, 0.1) is 16.6 Å². The summed E-state index contributed by atoms with van der Waals surface area (Å²) in [6.45, 7) is 5.17. The summed E-state index contributed by atoms with van der Waals surface area (Å²) >= 11 is 14.1. The first-order chi connectivity index (χ1) is 17.4. The number of hydrogen-bond acceptors (Lipinski definition) is 4. The van der Waals surface area contributed by atoms with E-state index in [0.717, 1.165) is 13.0 Å². The zero-order chi connectivity index (χ0) is 25.2. The molecule has 2 aromatic carbocycles. The van der Waals surface area contributed by atoms with Crippen molar-refractivity contribution in [2.24, 2.45) is 0 Å². The Morgan fingerprint density at radius 3 is 2.58 bits per heavy atom. The monoisotopic (exact) mass is 541 g/mol. The number of hydrogen-bond donors (Lipinski definition) is 0. The number of rotatable bonds is 5. The molecule has 0 N–H and O–H groups in total. The van der Waals surface area contributed by atoms with Crippen LogP contribution in [-0.4, -0.2) is 65.3 Å². The molecule has 2 aliphatic heterocycles. The van der Waals surface area contributed by atoms with E-state index in [0.29, 0.717) is 48.2 Å². The highest BCUT2D eigenvalue weighted by Gasteiger charge is 2.33. The number of fused-ring (bicyclic) bond motifs is 1. The van der Waals surface area contributed by atoms with Crippen molar-refractivity contribution in [2.45, 2.75) is 31.8 Å². The van der Waals surface area contributed by atoms with Crippen LogP contribution >= 0.6 is 34.5 Å². The highest BCUT2D eigenvalue weighted by Crippen LogP contribution is 2.37. The third kappa shape index (κ3) is 5.18. The van der Waals surface area contributed by atoms with Gasteiger partial charge in [-0.15, -0.1) is 11.3 Å². The van der Waals surface area contributed by atoms with Crippen LogP contribution in [0, 0.1) is 0 Å². The van der Waals surface area contributed by atoms with E-state index in [-0.39, 0.29) is 23.9 Å². The Kier molecular flexibility index (Phi) is 7.68. The van der Waals surface area contributed by atoms with Gasteiger partial charge in [-0.1, -0.05) is 53.5 Å². The number of benzene rings is 2. The van der Waals surface area contributed by atoms with Gasteiger partial charge in [-0.05, 0) is 54.1 Å². The Hall–Kier alpha value is -2.38. The standard InChI is InChI=1S/C28H29Cl2N3O2S/c1-19-18-32(14-15-33(19)28(35)22-8-7-21(29)17-24(22)30)26(34)10-13-31-12-9-25-23(11-16-36-25)27(31)20-5-3-2-4-6-20/h2-8,11,16-17,19,27H,9-10,12-15,18H2,1H3. The molecule has 1 aromatic heterocycles. The summed E-state index contributed by atoms with van der Waals surface area (Å²) in [6.07, 6.45) is 1.49. The lowest BCUT2D eigenvalue weighted by atomic mass is 9.93. The zero-order valence-electron chi connectivity index (χ0n) is 20.2. The average molecular weight is 543 g/mol. The number of piperazine rings is 1. The quantitative estimate of drug-likeness (QED) is 0.412. The van der Waals surface area contributed by atoms with Gasteiger partial charge in [0.25, 0.3) is 5.91 Å². The molecule has 36 heavy (non-hydrogen) atoms. The lowest BCUT2D eigenvalue weighted by molar-refractivity contribution is -0.134. The summed E-state index contributed by atoms with van der Waals surface area (Å²) in [7, 11) is 0. The first kappa shape index (κ1) is 25.3. The van der Waals surface area contributed by atoms with Crippen molar-refractivity contribution in [1.29, 1.82) is 0 Å². The van der Waals surface area contributed by atoms with Crippen molar-refractivity contribution in [3.63, 3.8) is 0 Å². The molecule has 188 valence electrons. The number of halogens is 2. The highest BCUT2D eigenvalue weighted by atomic mass is 35.5. The van der Waals surface area contributed by atoms with Gasteiger partial charge < -0.3 is 9.80 Å². The van der Waals surface area contributed by atoms with Crippen LogP contribution in [0.1, 0.15) is 45.7 Å². The van der Waals surface area contributed by atoms with Crippen LogP contribution in [0.25, 0.3) is 0 Å². The maximum absolute atomic E-state index is 13.2. The van der Waals surface area contributed by atoms with Gasteiger partial charge in [-0.25, -0.2) is 0 Å². The van der Waals surface area contributed by atoms with Crippen molar-refractivity contribution in [2.75, 3.05) is 32.7 Å². The number of carbonyl (C=O) groups is 2. The topological polar surface area (TPSA) is 43.9 Å². The van der Waals surface area contributed by atoms with Gasteiger partial charge in [0.15, 0.2) is 0 Å². The lowest BCUT2D eigenvalue weighted by Crippen LogP contribution is -2.55. The Bertz CT molecular complexity index is 1250. The maximum atomic E-state index is 13.2. The molecule has 3 heterocycles. The minimum Gasteiger partial charge on any atom is -0.339 e. The molecule has 8 heteroatoms. The predicted molar refractivity (Wildman–Crippen MR) is 146 cm³/mol. The van der Waals surface area contributed by atoms with E-state index in [1.165, 1.54) is 16.0 Å². The van der Waals surface area contributed by atoms with E-state index in [1.807, 2.05) is 29.2 Å². The Morgan fingerprint density at radius 2 is 1.83 bits per heavy atom. The molecule has 1 saturated heterocycles. The fourth-order valence-corrected chi connectivity index (χ4v) is 6.73. The number of carbonyl (C=O) groups excluding carboxylic acids is 2. The summed E-state index contributed by atoms with van der Waals surface area (Å²) in [5.74, 6) is 0.0169. The van der Waals surface area contributed by atoms with Crippen LogP contribution in [0.15, 0.2) is 60.0 Å². The molecule has 0 saturated carbocycles. The van der Waals surface area contributed by atoms with Gasteiger partial charge >= 0.3 is 0 Å². The SMILES string of the molecule is CC1CN(C(=O)CCN2CCc3sccc3C2c2ccccc2)CCN1C(=O)c1ccc(Cl)cc1Cl. The first-order valence-corrected chi connectivity index (χ1v) is 13.9. The molecule has 0 aliphatic carbocycles. The fraction of sp³-hybridized carbons (Fsp3) is 0.357. The van der Waals surface area contributed by atoms with Gasteiger partial charge in [0.2, 0.25) is 5.91 Å². The molecule has 0 radical (unpaired) electrons. The zero-order valence-corrected chi connectivity index (χ0v) is 22.5. The molecule has 1 fully saturated rings. The summed E-state index contributed by atoms with van der Waals surface area (Å²) in [6, 6.07) is 17.8. The molecule has 2 unspecified atom stereocenters. The van der Waals surface area contributed by atoms with E-state index in [1.54, 1.807) is 23.1 Å². The van der Waals surface area contributed by atoms with Crippen LogP contribution < -0.4 is 0 Å². The molecular formula is C28H29Cl2N3O2S. The molecule has 5 nitrogen and oxygen atoms in total. The van der Waals surface area contributed by atoms with Gasteiger partial charge in [0, 0.05) is 55.1 Å². The molecule has 5 rings (SSSR count). The van der Waals surface area contributed by atoms with Crippen molar-refractivity contribution >= 4 is 46.4 Å². The largest absolute Gasteiger partial charge is 0.339 e. The van der Waals surface area contributed by atoms with E-state index >= 15 is 0 Å². The maximum Gasteiger partial charge on any atom is 0.255 e. The molecule has 3 aromatic rings. The summed E-state index contributed by atoms with van der Waals surface area (Å²) in [5, 5.41) is 3.02. The molecule has 0 spiro atoms. The smallest absolute Gasteiger partial charge is 0.255 e. The predicted octanol–water partition coefficient (Wildman–Crippen LogP) is 5.77. The minimum absolute atomic E-state index is 0.0950. The Morgan fingerprint density at radius 1 is 1.03 bits per heavy atom. The van der Waals surface area contributed by atoms with Gasteiger partial charge in [0.1, 0.15) is 0 Å². The number of amides is 2. The van der Waals surface area contributed by atoms with Crippen LogP contribution in [0.5, 0.6) is 0 Å². The van der Waals surface area contributed by atoms with Crippen LogP contribution in [0.2, 0.25) is 10.0 Å². The first-order valence-electron chi connectivity index (χ1n) is 12.3. The van der Waals surface area contributed by atoms with E-state index < -0.39 is 0 Å². The molecule has 2 atom stereocenters. The second-order valence-electron chi connectivity index (χ2n) is 9.46. The van der Waals surface area contributed by atoms with Crippen LogP contribution in [0.3, 0.4) is 0 Å². The average Bonchev–Trinajstić information content (AvgIpc) is 3.36. The Balaban J connectivity index is 1.21. The lowest BCUT2D eigenvalue weighted by Gasteiger charge is -2.41. The number of thiophene rings is 1. The van der Waals surface area contributed by atoms with Gasteiger partial charge in [-0.2, -0.15) is 0 Å². The second kappa shape index (κ2) is 10.9. The molecular weight excluding hydrogens is 513 g/mol. The molecule has 0 bridgehead atoms. The summed E-state index contributed by atoms with van der Waals surface area (Å²) in [4.78, 5) is 33.9. The van der Waals surface area contributed by atoms with Gasteiger partial charge in [-0.3, -0.25) is 14.5 Å². The van der Waals surface area contributed by atoms with E-state index in [4.69, 9.17) is 23.2 Å². The number of nitrogens with zero attached hydrogens (tertiary/aromatic N) is 3. The molecule has 2 amide bonds. The van der Waals surface area contributed by atoms with Crippen molar-refractivity contribution in [3.05, 3.63) is 91.6 Å². The second-order valence-corrected chi connectivity index (χ2v) is 11.3. The van der Waals surface area contributed by atoms with Crippen molar-refractivity contribution in [3.8, 4) is 0 Å². The highest BCUT2D eigenvalue weighted by molar-refractivity contribution is 7.10. The van der Waals surface area contributed by atoms with E-state index in [9.17, 15) is 9.59 Å². The minimum atomic E-state index is -0.123. The van der Waals surface area contributed by atoms with Crippen molar-refractivity contribution in [1.82, 2.24) is 14.7 Å². The van der Waals surface area contributed by atoms with E-state index in [2.05, 4.69) is 40.6 Å². The van der Waals surface area contributed by atoms with Crippen LogP contribution in [-0.2, 0) is 11.2 Å². The summed E-state index contributed by atoms with van der Waals surface area (Å²) < 4.78 is 0. The van der Waals surface area contributed by atoms with Crippen LogP contribution in [0.4, 0.5) is 0 Å². The fourth-order valence-electron chi connectivity index (χ4n) is 5.34. The molecule has 2 aliphatic rings. The third-order valence-corrected chi connectivity index (χ3v) is 8.74. The Labute approximate surface area is 226 Å².